The molecule has 0 amide bonds. The van der Waals surface area contributed by atoms with E-state index in [4.69, 9.17) is 15.3 Å². The first-order chi connectivity index (χ1) is 4.57. The van der Waals surface area contributed by atoms with Crippen LogP contribution in [0.2, 0.25) is 0 Å². The Morgan fingerprint density at radius 3 is 2.50 bits per heavy atom. The summed E-state index contributed by atoms with van der Waals surface area (Å²) in [5.74, 6) is -1.60. The number of carboxylic acids is 1. The molecule has 0 aromatic heterocycles. The summed E-state index contributed by atoms with van der Waals surface area (Å²) >= 11 is 0. The highest BCUT2D eigenvalue weighted by atomic mass is 16.4. The Morgan fingerprint density at radius 1 is 1.70 bits per heavy atom. The molecule has 0 fully saturated rings. The Labute approximate surface area is 59.1 Å². The molecule has 4 heteroatoms. The molecular formula is C6H11O4. The number of hydrogen-bond donors (Lipinski definition) is 3. The lowest BCUT2D eigenvalue weighted by molar-refractivity contribution is -0.142. The van der Waals surface area contributed by atoms with Gasteiger partial charge in [-0.05, 0) is 6.42 Å². The van der Waals surface area contributed by atoms with Gasteiger partial charge in [0.15, 0.2) is 0 Å². The molecule has 0 aliphatic heterocycles. The van der Waals surface area contributed by atoms with Crippen molar-refractivity contribution in [3.8, 4) is 0 Å². The van der Waals surface area contributed by atoms with E-state index in [1.165, 1.54) is 6.92 Å². The molecule has 0 aromatic rings. The Morgan fingerprint density at radius 2 is 2.20 bits per heavy atom. The standard InChI is InChI=1S/C6H11O4/c1-4(6(9)10)2-5(8)3-7/h3-5,7-8H,2H2,1H3,(H,9,10). The number of hydrogen-bond acceptors (Lipinski definition) is 3. The van der Waals surface area contributed by atoms with Crippen LogP contribution < -0.4 is 0 Å². The maximum atomic E-state index is 10.1. The molecule has 1 radical (unpaired) electrons. The lowest BCUT2D eigenvalue weighted by Gasteiger charge is -2.08. The van der Waals surface area contributed by atoms with E-state index in [2.05, 4.69) is 0 Å². The number of rotatable bonds is 4. The van der Waals surface area contributed by atoms with E-state index in [1.807, 2.05) is 0 Å². The van der Waals surface area contributed by atoms with Crippen molar-refractivity contribution >= 4 is 5.97 Å². The second-order valence-corrected chi connectivity index (χ2v) is 2.19. The molecule has 2 unspecified atom stereocenters. The highest BCUT2D eigenvalue weighted by Gasteiger charge is 2.15. The summed E-state index contributed by atoms with van der Waals surface area (Å²) in [6.07, 6.45) is -0.989. The second kappa shape index (κ2) is 4.24. The smallest absolute Gasteiger partial charge is 0.306 e. The molecule has 0 rings (SSSR count). The van der Waals surface area contributed by atoms with Gasteiger partial charge in [0.1, 0.15) is 6.61 Å². The van der Waals surface area contributed by atoms with Crippen LogP contribution >= 0.6 is 0 Å². The maximum Gasteiger partial charge on any atom is 0.306 e. The minimum Gasteiger partial charge on any atom is -0.481 e. The monoisotopic (exact) mass is 147 g/mol. The first kappa shape index (κ1) is 9.39. The molecule has 10 heavy (non-hydrogen) atoms. The third-order valence-corrected chi connectivity index (χ3v) is 1.19. The van der Waals surface area contributed by atoms with E-state index in [1.54, 1.807) is 0 Å². The highest BCUT2D eigenvalue weighted by molar-refractivity contribution is 5.69. The Kier molecular flexibility index (Phi) is 3.99. The number of aliphatic carboxylic acids is 1. The molecule has 0 bridgehead atoms. The SMILES string of the molecule is CC(CC(O)[CH]O)C(=O)O. The van der Waals surface area contributed by atoms with Gasteiger partial charge < -0.3 is 15.3 Å². The van der Waals surface area contributed by atoms with Crippen molar-refractivity contribution in [1.82, 2.24) is 0 Å². The van der Waals surface area contributed by atoms with Gasteiger partial charge in [0.2, 0.25) is 0 Å². The molecule has 0 saturated carbocycles. The first-order valence-corrected chi connectivity index (χ1v) is 2.96. The topological polar surface area (TPSA) is 77.8 Å². The fraction of sp³-hybridized carbons (Fsp3) is 0.667. The summed E-state index contributed by atoms with van der Waals surface area (Å²) in [6.45, 7) is 2.05. The molecule has 2 atom stereocenters. The summed E-state index contributed by atoms with van der Waals surface area (Å²) in [7, 11) is 0. The van der Waals surface area contributed by atoms with E-state index in [-0.39, 0.29) is 6.42 Å². The molecule has 0 spiro atoms. The third-order valence-electron chi connectivity index (χ3n) is 1.19. The van der Waals surface area contributed by atoms with Crippen LogP contribution in [0.5, 0.6) is 0 Å². The van der Waals surface area contributed by atoms with Crippen molar-refractivity contribution in [2.24, 2.45) is 5.92 Å². The molecule has 0 aromatic carbocycles. The molecule has 0 aliphatic carbocycles. The van der Waals surface area contributed by atoms with E-state index < -0.39 is 18.0 Å². The van der Waals surface area contributed by atoms with Crippen molar-refractivity contribution in [2.45, 2.75) is 19.4 Å². The van der Waals surface area contributed by atoms with Gasteiger partial charge in [-0.3, -0.25) is 4.79 Å². The van der Waals surface area contributed by atoms with Crippen LogP contribution in [0.4, 0.5) is 0 Å². The van der Waals surface area contributed by atoms with Crippen LogP contribution in [0.3, 0.4) is 0 Å². The van der Waals surface area contributed by atoms with Gasteiger partial charge in [0.05, 0.1) is 12.0 Å². The normalized spacial score (nSPS) is 16.3. The Balaban J connectivity index is 3.56. The number of carboxylic acid groups (broad SMARTS) is 1. The van der Waals surface area contributed by atoms with Crippen molar-refractivity contribution in [2.75, 3.05) is 0 Å². The molecule has 4 nitrogen and oxygen atoms in total. The van der Waals surface area contributed by atoms with E-state index in [0.717, 1.165) is 0 Å². The van der Waals surface area contributed by atoms with Gasteiger partial charge in [-0.15, -0.1) is 0 Å². The Bertz CT molecular complexity index is 112. The van der Waals surface area contributed by atoms with Gasteiger partial charge in [-0.2, -0.15) is 0 Å². The van der Waals surface area contributed by atoms with Gasteiger partial charge in [0, 0.05) is 0 Å². The van der Waals surface area contributed by atoms with Crippen LogP contribution in [0.15, 0.2) is 0 Å². The van der Waals surface area contributed by atoms with Crippen LogP contribution in [0, 0.1) is 12.5 Å². The predicted molar refractivity (Wildman–Crippen MR) is 33.7 cm³/mol. The molecule has 0 heterocycles. The fourth-order valence-electron chi connectivity index (χ4n) is 0.524. The zero-order valence-electron chi connectivity index (χ0n) is 5.69. The molecule has 0 saturated heterocycles. The molecular weight excluding hydrogens is 136 g/mol. The van der Waals surface area contributed by atoms with Crippen LogP contribution in [0.1, 0.15) is 13.3 Å². The zero-order chi connectivity index (χ0) is 8.15. The van der Waals surface area contributed by atoms with Crippen LogP contribution in [0.25, 0.3) is 0 Å². The number of carbonyl (C=O) groups is 1. The van der Waals surface area contributed by atoms with Crippen molar-refractivity contribution in [3.05, 3.63) is 6.61 Å². The predicted octanol–water partition coefficient (Wildman–Crippen LogP) is -0.00761. The summed E-state index contributed by atoms with van der Waals surface area (Å²) in [6, 6.07) is 0. The van der Waals surface area contributed by atoms with Crippen LogP contribution in [-0.2, 0) is 4.79 Å². The lowest BCUT2D eigenvalue weighted by Crippen LogP contribution is -2.18. The first-order valence-electron chi connectivity index (χ1n) is 2.96. The van der Waals surface area contributed by atoms with E-state index in [0.29, 0.717) is 6.61 Å². The van der Waals surface area contributed by atoms with Crippen molar-refractivity contribution in [3.63, 3.8) is 0 Å². The molecule has 59 valence electrons. The third kappa shape index (κ3) is 3.42. The largest absolute Gasteiger partial charge is 0.481 e. The maximum absolute atomic E-state index is 10.1. The van der Waals surface area contributed by atoms with Gasteiger partial charge in [-0.25, -0.2) is 0 Å². The lowest BCUT2D eigenvalue weighted by atomic mass is 10.1. The number of aliphatic hydroxyl groups is 2. The van der Waals surface area contributed by atoms with Crippen LogP contribution in [-0.4, -0.2) is 27.4 Å². The average molecular weight is 147 g/mol. The van der Waals surface area contributed by atoms with Gasteiger partial charge in [0.25, 0.3) is 0 Å². The fourth-order valence-corrected chi connectivity index (χ4v) is 0.524. The summed E-state index contributed by atoms with van der Waals surface area (Å²) in [4.78, 5) is 10.1. The second-order valence-electron chi connectivity index (χ2n) is 2.19. The van der Waals surface area contributed by atoms with E-state index in [9.17, 15) is 4.79 Å². The average Bonchev–Trinajstić information content (AvgIpc) is 1.87. The van der Waals surface area contributed by atoms with E-state index >= 15 is 0 Å². The van der Waals surface area contributed by atoms with Crippen molar-refractivity contribution < 1.29 is 20.1 Å². The number of aliphatic hydroxyl groups excluding tert-OH is 2. The zero-order valence-corrected chi connectivity index (χ0v) is 5.69. The summed E-state index contributed by atoms with van der Waals surface area (Å²) in [5, 5.41) is 25.2. The highest BCUT2D eigenvalue weighted by Crippen LogP contribution is 2.06. The minimum absolute atomic E-state index is 0.0475. The quantitative estimate of drug-likeness (QED) is 0.522. The molecule has 3 N–H and O–H groups in total. The van der Waals surface area contributed by atoms with Crippen molar-refractivity contribution in [1.29, 1.82) is 0 Å². The minimum atomic E-state index is -1.04. The Hall–Kier alpha value is -0.610. The summed E-state index contributed by atoms with van der Waals surface area (Å²) < 4.78 is 0. The van der Waals surface area contributed by atoms with Gasteiger partial charge in [-0.1, -0.05) is 6.92 Å². The summed E-state index contributed by atoms with van der Waals surface area (Å²) in [5.41, 5.74) is 0. The van der Waals surface area contributed by atoms with Gasteiger partial charge >= 0.3 is 5.97 Å². The molecule has 0 aliphatic rings.